The van der Waals surface area contributed by atoms with Crippen molar-refractivity contribution in [3.8, 4) is 0 Å². The number of amides is 1. The zero-order valence-corrected chi connectivity index (χ0v) is 21.9. The fourth-order valence-corrected chi connectivity index (χ4v) is 5.01. The molecule has 1 aromatic heterocycles. The van der Waals surface area contributed by atoms with Crippen molar-refractivity contribution >= 4 is 40.6 Å². The SMILES string of the molecule is O=C(O)C(F)(F)F.O=C(c1ccc(C(=O)C(F)(F)F)s1)N1CCN(C(c2ccccc2)c2ccc(Cl)cc2)CC1. The van der Waals surface area contributed by atoms with E-state index in [0.717, 1.165) is 17.2 Å². The van der Waals surface area contributed by atoms with Gasteiger partial charge in [-0.1, -0.05) is 54.1 Å². The van der Waals surface area contributed by atoms with Crippen molar-refractivity contribution < 1.29 is 45.8 Å². The number of halogens is 7. The van der Waals surface area contributed by atoms with E-state index in [0.29, 0.717) is 42.5 Å². The van der Waals surface area contributed by atoms with Crippen molar-refractivity contribution in [2.24, 2.45) is 0 Å². The predicted molar refractivity (Wildman–Crippen MR) is 136 cm³/mol. The van der Waals surface area contributed by atoms with Gasteiger partial charge in [0, 0.05) is 31.2 Å². The van der Waals surface area contributed by atoms with E-state index in [1.165, 1.54) is 6.07 Å². The number of thiophene rings is 1. The molecule has 1 unspecified atom stereocenters. The first-order valence-corrected chi connectivity index (χ1v) is 12.7. The number of benzene rings is 2. The Morgan fingerprint density at radius 2 is 1.25 bits per heavy atom. The van der Waals surface area contributed by atoms with E-state index in [1.54, 1.807) is 4.90 Å². The van der Waals surface area contributed by atoms with Gasteiger partial charge in [0.05, 0.1) is 15.8 Å². The third-order valence-corrected chi connectivity index (χ3v) is 7.13. The average molecular weight is 607 g/mol. The molecule has 14 heteroatoms. The topological polar surface area (TPSA) is 77.9 Å². The van der Waals surface area contributed by atoms with E-state index >= 15 is 0 Å². The molecule has 1 aliphatic heterocycles. The normalized spacial score (nSPS) is 15.1. The van der Waals surface area contributed by atoms with Crippen LogP contribution in [0, 0.1) is 0 Å². The first kappa shape index (κ1) is 31.1. The number of alkyl halides is 6. The van der Waals surface area contributed by atoms with Crippen LogP contribution in [-0.4, -0.2) is 71.1 Å². The molecule has 2 aromatic carbocycles. The number of carboxylic acids is 1. The molecule has 1 aliphatic rings. The van der Waals surface area contributed by atoms with Crippen LogP contribution in [0.1, 0.15) is 36.5 Å². The van der Waals surface area contributed by atoms with Crippen LogP contribution in [0.5, 0.6) is 0 Å². The highest BCUT2D eigenvalue weighted by Crippen LogP contribution is 2.31. The second kappa shape index (κ2) is 12.8. The van der Waals surface area contributed by atoms with Crippen LogP contribution in [0.15, 0.2) is 66.7 Å². The van der Waals surface area contributed by atoms with Crippen LogP contribution >= 0.6 is 22.9 Å². The standard InChI is InChI=1S/C24H20ClF3N2O2S.C2HF3O2/c25-18-8-6-17(7-9-18)21(16-4-2-1-3-5-16)29-12-14-30(15-13-29)23(32)20-11-10-19(33-20)22(31)24(26,27)28;3-2(4,5)1(6)7/h1-11,21H,12-15H2;(H,6,7). The number of carbonyl (C=O) groups is 3. The van der Waals surface area contributed by atoms with Gasteiger partial charge in [-0.05, 0) is 35.4 Å². The van der Waals surface area contributed by atoms with E-state index in [1.807, 2.05) is 42.5 Å². The molecular formula is C26H21ClF6N2O4S. The Bertz CT molecular complexity index is 1320. The van der Waals surface area contributed by atoms with Crippen LogP contribution in [0.3, 0.4) is 0 Å². The Labute approximate surface area is 233 Å². The molecule has 1 fully saturated rings. The van der Waals surface area contributed by atoms with Gasteiger partial charge in [-0.25, -0.2) is 4.79 Å². The molecule has 40 heavy (non-hydrogen) atoms. The van der Waals surface area contributed by atoms with E-state index in [2.05, 4.69) is 17.0 Å². The molecule has 0 saturated carbocycles. The average Bonchev–Trinajstić information content (AvgIpc) is 3.39. The summed E-state index contributed by atoms with van der Waals surface area (Å²) in [5, 5.41) is 7.78. The summed E-state index contributed by atoms with van der Waals surface area (Å²) in [7, 11) is 0. The van der Waals surface area contributed by atoms with Crippen molar-refractivity contribution in [2.45, 2.75) is 18.4 Å². The lowest BCUT2D eigenvalue weighted by atomic mass is 9.96. The van der Waals surface area contributed by atoms with Crippen LogP contribution < -0.4 is 0 Å². The molecule has 0 aliphatic carbocycles. The molecule has 3 aromatic rings. The molecule has 1 atom stereocenters. The molecule has 214 valence electrons. The molecule has 0 spiro atoms. The summed E-state index contributed by atoms with van der Waals surface area (Å²) in [4.78, 5) is 36.7. The largest absolute Gasteiger partial charge is 0.490 e. The number of carboxylic acid groups (broad SMARTS) is 1. The van der Waals surface area contributed by atoms with Crippen molar-refractivity contribution in [1.29, 1.82) is 0 Å². The summed E-state index contributed by atoms with van der Waals surface area (Å²) in [5.74, 6) is -5.04. The molecule has 0 bridgehead atoms. The van der Waals surface area contributed by atoms with Gasteiger partial charge in [0.1, 0.15) is 0 Å². The predicted octanol–water partition coefficient (Wildman–Crippen LogP) is 6.33. The summed E-state index contributed by atoms with van der Waals surface area (Å²) in [5.41, 5.74) is 2.20. The summed E-state index contributed by atoms with van der Waals surface area (Å²) < 4.78 is 69.7. The van der Waals surface area contributed by atoms with E-state index in [4.69, 9.17) is 21.5 Å². The maximum Gasteiger partial charge on any atom is 0.490 e. The molecule has 1 N–H and O–H groups in total. The third kappa shape index (κ3) is 8.05. The van der Waals surface area contributed by atoms with Crippen molar-refractivity contribution in [3.63, 3.8) is 0 Å². The van der Waals surface area contributed by atoms with Crippen LogP contribution in [0.2, 0.25) is 5.02 Å². The monoisotopic (exact) mass is 606 g/mol. The molecule has 0 radical (unpaired) electrons. The van der Waals surface area contributed by atoms with Crippen molar-refractivity contribution in [2.75, 3.05) is 26.2 Å². The maximum absolute atomic E-state index is 12.8. The number of hydrogen-bond acceptors (Lipinski definition) is 5. The molecular weight excluding hydrogens is 586 g/mol. The van der Waals surface area contributed by atoms with Crippen LogP contribution in [0.25, 0.3) is 0 Å². The quantitative estimate of drug-likeness (QED) is 0.271. The van der Waals surface area contributed by atoms with Crippen LogP contribution in [-0.2, 0) is 4.79 Å². The van der Waals surface area contributed by atoms with Gasteiger partial charge in [-0.2, -0.15) is 26.3 Å². The lowest BCUT2D eigenvalue weighted by molar-refractivity contribution is -0.192. The molecule has 1 saturated heterocycles. The van der Waals surface area contributed by atoms with Gasteiger partial charge in [-0.3, -0.25) is 14.5 Å². The molecule has 1 amide bonds. The van der Waals surface area contributed by atoms with Crippen molar-refractivity contribution in [1.82, 2.24) is 9.80 Å². The van der Waals surface area contributed by atoms with Crippen LogP contribution in [0.4, 0.5) is 26.3 Å². The zero-order valence-electron chi connectivity index (χ0n) is 20.4. The Morgan fingerprint density at radius 3 is 1.75 bits per heavy atom. The molecule has 6 nitrogen and oxygen atoms in total. The fraction of sp³-hybridized carbons (Fsp3) is 0.269. The molecule has 2 heterocycles. The lowest BCUT2D eigenvalue weighted by Crippen LogP contribution is -2.49. The smallest absolute Gasteiger partial charge is 0.475 e. The maximum atomic E-state index is 12.8. The Hall–Kier alpha value is -3.42. The van der Waals surface area contributed by atoms with Gasteiger partial charge in [0.15, 0.2) is 0 Å². The minimum absolute atomic E-state index is 0.0153. The summed E-state index contributed by atoms with van der Waals surface area (Å²) in [6.45, 7) is 2.04. The fourth-order valence-electron chi connectivity index (χ4n) is 3.95. The summed E-state index contributed by atoms with van der Waals surface area (Å²) >= 11 is 6.65. The van der Waals surface area contributed by atoms with E-state index < -0.39 is 29.0 Å². The van der Waals surface area contributed by atoms with Gasteiger partial charge in [-0.15, -0.1) is 11.3 Å². The van der Waals surface area contributed by atoms with Crippen molar-refractivity contribution in [3.05, 3.63) is 92.6 Å². The Balaban J connectivity index is 0.000000559. The number of aliphatic carboxylic acids is 1. The number of carbonyl (C=O) groups excluding carboxylic acids is 2. The number of nitrogens with zero attached hydrogens (tertiary/aromatic N) is 2. The van der Waals surface area contributed by atoms with E-state index in [-0.39, 0.29) is 16.8 Å². The highest BCUT2D eigenvalue weighted by atomic mass is 35.5. The second-order valence-electron chi connectivity index (χ2n) is 8.49. The summed E-state index contributed by atoms with van der Waals surface area (Å²) in [6, 6.07) is 20.1. The highest BCUT2D eigenvalue weighted by Gasteiger charge is 2.41. The number of ketones is 1. The minimum Gasteiger partial charge on any atom is -0.475 e. The van der Waals surface area contributed by atoms with Gasteiger partial charge in [0.25, 0.3) is 11.7 Å². The molecule has 4 rings (SSSR count). The lowest BCUT2D eigenvalue weighted by Gasteiger charge is -2.39. The zero-order chi connectivity index (χ0) is 29.7. The highest BCUT2D eigenvalue weighted by molar-refractivity contribution is 7.16. The Kier molecular flexibility index (Phi) is 9.98. The number of rotatable bonds is 5. The summed E-state index contributed by atoms with van der Waals surface area (Å²) in [6.07, 6.45) is -10.0. The second-order valence-corrected chi connectivity index (χ2v) is 10.0. The van der Waals surface area contributed by atoms with Gasteiger partial charge < -0.3 is 10.0 Å². The number of Topliss-reactive ketones (excluding diaryl/α,β-unsaturated/α-hetero) is 1. The van der Waals surface area contributed by atoms with E-state index in [9.17, 15) is 35.9 Å². The number of piperazine rings is 1. The van der Waals surface area contributed by atoms with Gasteiger partial charge in [0.2, 0.25) is 0 Å². The number of hydrogen-bond donors (Lipinski definition) is 1. The first-order chi connectivity index (χ1) is 18.7. The van der Waals surface area contributed by atoms with Gasteiger partial charge >= 0.3 is 18.3 Å². The third-order valence-electron chi connectivity index (χ3n) is 5.81. The first-order valence-electron chi connectivity index (χ1n) is 11.5. The Morgan fingerprint density at radius 1 is 0.750 bits per heavy atom. The minimum atomic E-state index is -5.08.